The highest BCUT2D eigenvalue weighted by molar-refractivity contribution is 7.18. The lowest BCUT2D eigenvalue weighted by atomic mass is 10.4. The largest absolute Gasteiger partial charge is 0.469 e. The summed E-state index contributed by atoms with van der Waals surface area (Å²) >= 11 is 6.82. The second kappa shape index (κ2) is 6.41. The fraction of sp³-hybridized carbons (Fsp3) is 0.444. The number of esters is 2. The summed E-state index contributed by atoms with van der Waals surface area (Å²) in [5, 5.41) is 3.41. The van der Waals surface area contributed by atoms with Crippen molar-refractivity contribution in [3.05, 3.63) is 10.0 Å². The molecule has 0 fully saturated rings. The van der Waals surface area contributed by atoms with Gasteiger partial charge in [-0.1, -0.05) is 22.9 Å². The summed E-state index contributed by atoms with van der Waals surface area (Å²) in [5.41, 5.74) is 0. The lowest BCUT2D eigenvalue weighted by Crippen LogP contribution is -2.09. The maximum atomic E-state index is 11.2. The van der Waals surface area contributed by atoms with Gasteiger partial charge in [-0.15, -0.1) is 0 Å². The van der Waals surface area contributed by atoms with Gasteiger partial charge in [0, 0.05) is 6.54 Å². The van der Waals surface area contributed by atoms with Crippen LogP contribution in [-0.2, 0) is 14.3 Å². The first-order chi connectivity index (χ1) is 8.08. The van der Waals surface area contributed by atoms with Crippen molar-refractivity contribution in [1.29, 1.82) is 0 Å². The Labute approximate surface area is 107 Å². The maximum Gasteiger partial charge on any atom is 0.351 e. The Morgan fingerprint density at radius 3 is 2.71 bits per heavy atom. The van der Waals surface area contributed by atoms with E-state index in [-0.39, 0.29) is 22.4 Å². The monoisotopic (exact) mass is 278 g/mol. The molecule has 0 saturated heterocycles. The summed E-state index contributed by atoms with van der Waals surface area (Å²) in [7, 11) is 2.58. The van der Waals surface area contributed by atoms with Crippen LogP contribution in [0.25, 0.3) is 0 Å². The quantitative estimate of drug-likeness (QED) is 0.824. The fourth-order valence-electron chi connectivity index (χ4n) is 0.969. The van der Waals surface area contributed by atoms with Crippen LogP contribution in [0, 0.1) is 0 Å². The average molecular weight is 279 g/mol. The number of rotatable bonds is 5. The van der Waals surface area contributed by atoms with Crippen LogP contribution in [-0.4, -0.2) is 37.7 Å². The predicted molar refractivity (Wildman–Crippen MR) is 63.6 cm³/mol. The van der Waals surface area contributed by atoms with Gasteiger partial charge in [0.15, 0.2) is 15.2 Å². The van der Waals surface area contributed by atoms with Crippen molar-refractivity contribution in [3.8, 4) is 0 Å². The average Bonchev–Trinajstić information content (AvgIpc) is 2.69. The molecule has 0 amide bonds. The van der Waals surface area contributed by atoms with Crippen LogP contribution in [0.3, 0.4) is 0 Å². The van der Waals surface area contributed by atoms with E-state index in [0.29, 0.717) is 11.7 Å². The van der Waals surface area contributed by atoms with E-state index >= 15 is 0 Å². The number of anilines is 1. The zero-order valence-electron chi connectivity index (χ0n) is 9.28. The van der Waals surface area contributed by atoms with Crippen molar-refractivity contribution in [2.45, 2.75) is 6.42 Å². The summed E-state index contributed by atoms with van der Waals surface area (Å²) in [4.78, 5) is 26.2. The number of thiazole rings is 1. The first-order valence-electron chi connectivity index (χ1n) is 4.63. The standard InChI is InChI=1S/C9H11ClN2O4S/c1-15-5(13)3-4-11-9-12-7(10)6(17-9)8(14)16-2/h3-4H2,1-2H3,(H,11,12). The van der Waals surface area contributed by atoms with E-state index in [9.17, 15) is 9.59 Å². The minimum atomic E-state index is -0.534. The van der Waals surface area contributed by atoms with E-state index < -0.39 is 5.97 Å². The van der Waals surface area contributed by atoms with Crippen LogP contribution < -0.4 is 5.32 Å². The number of halogens is 1. The lowest BCUT2D eigenvalue weighted by Gasteiger charge is -2.00. The Bertz CT molecular complexity index is 421. The summed E-state index contributed by atoms with van der Waals surface area (Å²) < 4.78 is 9.01. The highest BCUT2D eigenvalue weighted by Crippen LogP contribution is 2.27. The molecule has 8 heteroatoms. The molecule has 0 atom stereocenters. The SMILES string of the molecule is COC(=O)CCNc1nc(Cl)c(C(=O)OC)s1. The van der Waals surface area contributed by atoms with Crippen LogP contribution >= 0.6 is 22.9 Å². The van der Waals surface area contributed by atoms with Crippen molar-refractivity contribution >= 4 is 40.0 Å². The first kappa shape index (κ1) is 13.7. The van der Waals surface area contributed by atoms with Gasteiger partial charge in [-0.3, -0.25) is 4.79 Å². The molecule has 1 N–H and O–H groups in total. The number of nitrogens with one attached hydrogen (secondary N) is 1. The number of methoxy groups -OCH3 is 2. The van der Waals surface area contributed by atoms with Gasteiger partial charge in [0.2, 0.25) is 0 Å². The molecule has 0 aromatic carbocycles. The van der Waals surface area contributed by atoms with Crippen molar-refractivity contribution in [2.24, 2.45) is 0 Å². The van der Waals surface area contributed by atoms with Gasteiger partial charge < -0.3 is 14.8 Å². The van der Waals surface area contributed by atoms with Gasteiger partial charge >= 0.3 is 11.9 Å². The minimum Gasteiger partial charge on any atom is -0.469 e. The Kier molecular flexibility index (Phi) is 5.17. The van der Waals surface area contributed by atoms with E-state index in [1.54, 1.807) is 0 Å². The number of hydrogen-bond acceptors (Lipinski definition) is 7. The van der Waals surface area contributed by atoms with Gasteiger partial charge in [0.25, 0.3) is 0 Å². The highest BCUT2D eigenvalue weighted by atomic mass is 35.5. The van der Waals surface area contributed by atoms with Crippen molar-refractivity contribution in [2.75, 3.05) is 26.1 Å². The van der Waals surface area contributed by atoms with Crippen LogP contribution in [0.15, 0.2) is 0 Å². The van der Waals surface area contributed by atoms with Gasteiger partial charge in [-0.05, 0) is 0 Å². The van der Waals surface area contributed by atoms with Gasteiger partial charge in [-0.25, -0.2) is 9.78 Å². The number of carbonyl (C=O) groups excluding carboxylic acids is 2. The topological polar surface area (TPSA) is 77.5 Å². The molecule has 1 aromatic heterocycles. The van der Waals surface area contributed by atoms with Crippen molar-refractivity contribution < 1.29 is 19.1 Å². The molecule has 17 heavy (non-hydrogen) atoms. The van der Waals surface area contributed by atoms with Crippen molar-refractivity contribution in [3.63, 3.8) is 0 Å². The zero-order chi connectivity index (χ0) is 12.8. The van der Waals surface area contributed by atoms with Gasteiger partial charge in [0.05, 0.1) is 20.6 Å². The molecule has 0 saturated carbocycles. The lowest BCUT2D eigenvalue weighted by molar-refractivity contribution is -0.140. The predicted octanol–water partition coefficient (Wildman–Crippen LogP) is 1.56. The fourth-order valence-corrected chi connectivity index (χ4v) is 2.10. The molecule has 6 nitrogen and oxygen atoms in total. The number of carbonyl (C=O) groups is 2. The maximum absolute atomic E-state index is 11.2. The van der Waals surface area contributed by atoms with E-state index in [0.717, 1.165) is 11.3 Å². The van der Waals surface area contributed by atoms with E-state index in [1.165, 1.54) is 14.2 Å². The first-order valence-corrected chi connectivity index (χ1v) is 5.83. The van der Waals surface area contributed by atoms with Crippen molar-refractivity contribution in [1.82, 2.24) is 4.98 Å². The zero-order valence-corrected chi connectivity index (χ0v) is 10.9. The third kappa shape index (κ3) is 3.86. The van der Waals surface area contributed by atoms with Gasteiger partial charge in [0.1, 0.15) is 0 Å². The van der Waals surface area contributed by atoms with Gasteiger partial charge in [-0.2, -0.15) is 0 Å². The third-order valence-corrected chi connectivity index (χ3v) is 3.17. The Hall–Kier alpha value is -1.34. The summed E-state index contributed by atoms with van der Waals surface area (Å²) in [6.45, 7) is 0.358. The molecule has 1 aromatic rings. The van der Waals surface area contributed by atoms with E-state index in [1.807, 2.05) is 0 Å². The molecule has 94 valence electrons. The molecule has 0 bridgehead atoms. The summed E-state index contributed by atoms with van der Waals surface area (Å²) in [6.07, 6.45) is 0.210. The van der Waals surface area contributed by atoms with E-state index in [2.05, 4.69) is 19.8 Å². The number of nitrogens with zero attached hydrogens (tertiary/aromatic N) is 1. The highest BCUT2D eigenvalue weighted by Gasteiger charge is 2.17. The molecular weight excluding hydrogens is 268 g/mol. The molecule has 0 aliphatic heterocycles. The van der Waals surface area contributed by atoms with Crippen LogP contribution in [0.2, 0.25) is 5.15 Å². The number of aromatic nitrogens is 1. The summed E-state index contributed by atoms with van der Waals surface area (Å²) in [6, 6.07) is 0. The molecule has 0 aliphatic carbocycles. The Morgan fingerprint density at radius 2 is 2.12 bits per heavy atom. The Morgan fingerprint density at radius 1 is 1.41 bits per heavy atom. The molecule has 1 heterocycles. The second-order valence-electron chi connectivity index (χ2n) is 2.88. The van der Waals surface area contributed by atoms with Crippen LogP contribution in [0.5, 0.6) is 0 Å². The van der Waals surface area contributed by atoms with E-state index in [4.69, 9.17) is 11.6 Å². The molecular formula is C9H11ClN2O4S. The molecule has 0 radical (unpaired) electrons. The van der Waals surface area contributed by atoms with Crippen LogP contribution in [0.1, 0.15) is 16.1 Å². The normalized spacial score (nSPS) is 9.82. The molecule has 1 rings (SSSR count). The second-order valence-corrected chi connectivity index (χ2v) is 4.24. The molecule has 0 unspecified atom stereocenters. The smallest absolute Gasteiger partial charge is 0.351 e. The summed E-state index contributed by atoms with van der Waals surface area (Å²) in [5.74, 6) is -0.859. The number of hydrogen-bond donors (Lipinski definition) is 1. The van der Waals surface area contributed by atoms with Crippen LogP contribution in [0.4, 0.5) is 5.13 Å². The number of ether oxygens (including phenoxy) is 2. The minimum absolute atomic E-state index is 0.0856. The third-order valence-electron chi connectivity index (χ3n) is 1.79. The molecule has 0 spiro atoms. The Balaban J connectivity index is 2.56. The molecule has 0 aliphatic rings.